The fourth-order valence-electron chi connectivity index (χ4n) is 2.40. The third-order valence-corrected chi connectivity index (χ3v) is 5.65. The molecule has 0 unspecified atom stereocenters. The van der Waals surface area contributed by atoms with Crippen molar-refractivity contribution in [3.63, 3.8) is 0 Å². The quantitative estimate of drug-likeness (QED) is 0.943. The van der Waals surface area contributed by atoms with Crippen LogP contribution in [0.3, 0.4) is 0 Å². The molecule has 4 nitrogen and oxygen atoms in total. The number of nitrogens with one attached hydrogen (secondary N) is 1. The smallest absolute Gasteiger partial charge is 0.235 e. The normalized spacial score (nSPS) is 15.0. The van der Waals surface area contributed by atoms with Gasteiger partial charge in [-0.2, -0.15) is 0 Å². The van der Waals surface area contributed by atoms with Crippen molar-refractivity contribution in [3.05, 3.63) is 47.8 Å². The van der Waals surface area contributed by atoms with E-state index in [0.29, 0.717) is 5.69 Å². The van der Waals surface area contributed by atoms with Crippen LogP contribution in [0, 0.1) is 13.8 Å². The van der Waals surface area contributed by atoms with Crippen molar-refractivity contribution in [2.24, 2.45) is 0 Å². The van der Waals surface area contributed by atoms with Gasteiger partial charge >= 0.3 is 0 Å². The summed E-state index contributed by atoms with van der Waals surface area (Å²) >= 11 is 0. The number of aromatic nitrogens is 1. The lowest BCUT2D eigenvalue weighted by atomic mass is 9.98. The average Bonchev–Trinajstić information content (AvgIpc) is 3.24. The Hall–Kier alpha value is -1.88. The SMILES string of the molecule is Cc1cc(NS(=O)(=O)C2CC2)ccc1-c1cnccc1C. The molecule has 1 aromatic heterocycles. The summed E-state index contributed by atoms with van der Waals surface area (Å²) in [5, 5.41) is -0.210. The van der Waals surface area contributed by atoms with E-state index in [-0.39, 0.29) is 5.25 Å². The number of sulfonamides is 1. The van der Waals surface area contributed by atoms with Crippen molar-refractivity contribution < 1.29 is 8.42 Å². The second-order valence-electron chi connectivity index (χ2n) is 5.57. The highest BCUT2D eigenvalue weighted by Gasteiger charge is 2.35. The number of nitrogens with zero attached hydrogens (tertiary/aromatic N) is 1. The van der Waals surface area contributed by atoms with E-state index in [0.717, 1.165) is 35.1 Å². The minimum Gasteiger partial charge on any atom is -0.283 e. The van der Waals surface area contributed by atoms with Gasteiger partial charge in [-0.05, 0) is 61.6 Å². The molecule has 0 spiro atoms. The van der Waals surface area contributed by atoms with Crippen LogP contribution in [0.2, 0.25) is 0 Å². The molecule has 1 aliphatic rings. The number of aryl methyl sites for hydroxylation is 2. The standard InChI is InChI=1S/C16H18N2O2S/c1-11-7-8-17-10-16(11)15-6-3-13(9-12(15)2)18-21(19,20)14-4-5-14/h3,6-10,14,18H,4-5H2,1-2H3. The molecular weight excluding hydrogens is 284 g/mol. The second kappa shape index (κ2) is 5.15. The van der Waals surface area contributed by atoms with Crippen LogP contribution in [0.1, 0.15) is 24.0 Å². The maximum atomic E-state index is 12.0. The first kappa shape index (κ1) is 14.1. The van der Waals surface area contributed by atoms with Gasteiger partial charge < -0.3 is 0 Å². The third kappa shape index (κ3) is 2.93. The Bertz CT molecular complexity index is 781. The molecular formula is C16H18N2O2S. The first-order valence-electron chi connectivity index (χ1n) is 7.00. The van der Waals surface area contributed by atoms with Crippen molar-refractivity contribution in [2.75, 3.05) is 4.72 Å². The lowest BCUT2D eigenvalue weighted by Gasteiger charge is -2.12. The van der Waals surface area contributed by atoms with Crippen LogP contribution in [0.4, 0.5) is 5.69 Å². The van der Waals surface area contributed by atoms with E-state index in [9.17, 15) is 8.42 Å². The highest BCUT2D eigenvalue weighted by molar-refractivity contribution is 7.93. The van der Waals surface area contributed by atoms with Gasteiger partial charge in [-0.25, -0.2) is 8.42 Å². The molecule has 3 rings (SSSR count). The topological polar surface area (TPSA) is 59.1 Å². The Morgan fingerprint density at radius 2 is 1.86 bits per heavy atom. The highest BCUT2D eigenvalue weighted by atomic mass is 32.2. The summed E-state index contributed by atoms with van der Waals surface area (Å²) in [6.07, 6.45) is 5.14. The predicted molar refractivity (Wildman–Crippen MR) is 84.7 cm³/mol. The lowest BCUT2D eigenvalue weighted by Crippen LogP contribution is -2.17. The van der Waals surface area contributed by atoms with E-state index < -0.39 is 10.0 Å². The molecule has 1 N–H and O–H groups in total. The van der Waals surface area contributed by atoms with E-state index in [1.807, 2.05) is 44.3 Å². The molecule has 1 heterocycles. The second-order valence-corrected chi connectivity index (χ2v) is 7.53. The molecule has 110 valence electrons. The van der Waals surface area contributed by atoms with E-state index in [1.54, 1.807) is 6.20 Å². The Kier molecular flexibility index (Phi) is 3.45. The molecule has 1 fully saturated rings. The van der Waals surface area contributed by atoms with Gasteiger partial charge in [0.1, 0.15) is 0 Å². The predicted octanol–water partition coefficient (Wildman–Crippen LogP) is 3.27. The van der Waals surface area contributed by atoms with Gasteiger partial charge in [-0.1, -0.05) is 6.07 Å². The van der Waals surface area contributed by atoms with Gasteiger partial charge in [0.05, 0.1) is 5.25 Å². The van der Waals surface area contributed by atoms with Crippen LogP contribution >= 0.6 is 0 Å². The van der Waals surface area contributed by atoms with Gasteiger partial charge in [0.2, 0.25) is 10.0 Å². The number of benzene rings is 1. The molecule has 5 heteroatoms. The van der Waals surface area contributed by atoms with Gasteiger partial charge in [0.15, 0.2) is 0 Å². The minimum atomic E-state index is -3.20. The molecule has 0 bridgehead atoms. The van der Waals surface area contributed by atoms with Crippen LogP contribution in [-0.2, 0) is 10.0 Å². The lowest BCUT2D eigenvalue weighted by molar-refractivity contribution is 0.600. The largest absolute Gasteiger partial charge is 0.283 e. The Labute approximate surface area is 125 Å². The van der Waals surface area contributed by atoms with Crippen LogP contribution < -0.4 is 4.72 Å². The zero-order valence-electron chi connectivity index (χ0n) is 12.1. The molecule has 0 atom stereocenters. The highest BCUT2D eigenvalue weighted by Crippen LogP contribution is 2.32. The first-order valence-corrected chi connectivity index (χ1v) is 8.55. The van der Waals surface area contributed by atoms with E-state index >= 15 is 0 Å². The summed E-state index contributed by atoms with van der Waals surface area (Å²) in [5.41, 5.74) is 4.97. The van der Waals surface area contributed by atoms with Gasteiger partial charge in [0, 0.05) is 23.6 Å². The summed E-state index contributed by atoms with van der Waals surface area (Å²) in [5.74, 6) is 0. The monoisotopic (exact) mass is 302 g/mol. The number of hydrogen-bond donors (Lipinski definition) is 1. The Morgan fingerprint density at radius 3 is 2.48 bits per heavy atom. The van der Waals surface area contributed by atoms with E-state index in [4.69, 9.17) is 0 Å². The first-order chi connectivity index (χ1) is 9.97. The number of rotatable bonds is 4. The van der Waals surface area contributed by atoms with Crippen molar-refractivity contribution >= 4 is 15.7 Å². The summed E-state index contributed by atoms with van der Waals surface area (Å²) in [6, 6.07) is 7.61. The van der Waals surface area contributed by atoms with Crippen LogP contribution in [0.5, 0.6) is 0 Å². The molecule has 0 amide bonds. The number of pyridine rings is 1. The van der Waals surface area contributed by atoms with Crippen molar-refractivity contribution in [2.45, 2.75) is 31.9 Å². The fraction of sp³-hybridized carbons (Fsp3) is 0.312. The average molecular weight is 302 g/mol. The molecule has 1 saturated carbocycles. The van der Waals surface area contributed by atoms with Crippen LogP contribution in [0.15, 0.2) is 36.7 Å². The van der Waals surface area contributed by atoms with Crippen LogP contribution in [0.25, 0.3) is 11.1 Å². The van der Waals surface area contributed by atoms with Gasteiger partial charge in [0.25, 0.3) is 0 Å². The summed E-state index contributed by atoms with van der Waals surface area (Å²) in [7, 11) is -3.20. The van der Waals surface area contributed by atoms with Crippen molar-refractivity contribution in [3.8, 4) is 11.1 Å². The summed E-state index contributed by atoms with van der Waals surface area (Å²) in [6.45, 7) is 4.02. The zero-order valence-corrected chi connectivity index (χ0v) is 12.9. The maximum Gasteiger partial charge on any atom is 0.235 e. The molecule has 0 saturated heterocycles. The molecule has 21 heavy (non-hydrogen) atoms. The van der Waals surface area contributed by atoms with E-state index in [1.165, 1.54) is 0 Å². The molecule has 1 aliphatic carbocycles. The van der Waals surface area contributed by atoms with Gasteiger partial charge in [-0.3, -0.25) is 9.71 Å². The fourth-order valence-corrected chi connectivity index (χ4v) is 3.78. The number of anilines is 1. The third-order valence-electron chi connectivity index (χ3n) is 3.78. The summed E-state index contributed by atoms with van der Waals surface area (Å²) in [4.78, 5) is 4.16. The molecule has 0 radical (unpaired) electrons. The Morgan fingerprint density at radius 1 is 1.10 bits per heavy atom. The van der Waals surface area contributed by atoms with Crippen molar-refractivity contribution in [1.29, 1.82) is 0 Å². The van der Waals surface area contributed by atoms with Crippen molar-refractivity contribution in [1.82, 2.24) is 4.98 Å². The van der Waals surface area contributed by atoms with Gasteiger partial charge in [-0.15, -0.1) is 0 Å². The minimum absolute atomic E-state index is 0.210. The molecule has 2 aromatic rings. The zero-order chi connectivity index (χ0) is 15.0. The molecule has 0 aliphatic heterocycles. The molecule has 1 aromatic carbocycles. The summed E-state index contributed by atoms with van der Waals surface area (Å²) < 4.78 is 26.6. The maximum absolute atomic E-state index is 12.0. The van der Waals surface area contributed by atoms with E-state index in [2.05, 4.69) is 9.71 Å². The van der Waals surface area contributed by atoms with Crippen LogP contribution in [-0.4, -0.2) is 18.7 Å². The number of hydrogen-bond acceptors (Lipinski definition) is 3. The Balaban J connectivity index is 1.92.